The van der Waals surface area contributed by atoms with E-state index in [1.165, 1.54) is 5.56 Å². The normalized spacial score (nSPS) is 10.4. The first-order chi connectivity index (χ1) is 10.9. The Hall–Kier alpha value is -2.89. The van der Waals surface area contributed by atoms with E-state index in [0.29, 0.717) is 19.2 Å². The van der Waals surface area contributed by atoms with Gasteiger partial charge in [-0.25, -0.2) is 9.97 Å². The van der Waals surface area contributed by atoms with Crippen LogP contribution < -0.4 is 9.47 Å². The van der Waals surface area contributed by atoms with Gasteiger partial charge in [0.1, 0.15) is 19.0 Å². The lowest BCUT2D eigenvalue weighted by molar-refractivity contribution is 0.206. The van der Waals surface area contributed by atoms with Crippen LogP contribution in [0.4, 0.5) is 0 Å². The highest BCUT2D eigenvalue weighted by molar-refractivity contribution is 5.27. The maximum absolute atomic E-state index is 5.61. The summed E-state index contributed by atoms with van der Waals surface area (Å²) < 4.78 is 12.9. The molecule has 0 amide bonds. The first-order valence-electron chi connectivity index (χ1n) is 6.99. The molecule has 2 aromatic heterocycles. The highest BCUT2D eigenvalue weighted by Crippen LogP contribution is 2.13. The van der Waals surface area contributed by atoms with Gasteiger partial charge in [0.2, 0.25) is 0 Å². The zero-order valence-corrected chi connectivity index (χ0v) is 12.0. The van der Waals surface area contributed by atoms with Crippen molar-refractivity contribution >= 4 is 0 Å². The summed E-state index contributed by atoms with van der Waals surface area (Å²) >= 11 is 0. The van der Waals surface area contributed by atoms with Gasteiger partial charge in [0.25, 0.3) is 0 Å². The van der Waals surface area contributed by atoms with Crippen LogP contribution in [0.15, 0.2) is 61.2 Å². The van der Waals surface area contributed by atoms with E-state index in [-0.39, 0.29) is 0 Å². The molecule has 0 unspecified atom stereocenters. The molecular weight excluding hydrogens is 280 g/mol. The molecule has 0 saturated carbocycles. The number of benzene rings is 1. The molecule has 3 aromatic rings. The van der Waals surface area contributed by atoms with Crippen LogP contribution in [0, 0.1) is 0 Å². The minimum Gasteiger partial charge on any atom is -0.490 e. The highest BCUT2D eigenvalue weighted by Gasteiger charge is 1.99. The van der Waals surface area contributed by atoms with Crippen LogP contribution in [-0.4, -0.2) is 33.0 Å². The molecule has 1 aromatic carbocycles. The largest absolute Gasteiger partial charge is 0.490 e. The molecule has 0 aliphatic rings. The van der Waals surface area contributed by atoms with Crippen molar-refractivity contribution in [1.82, 2.24) is 19.7 Å². The van der Waals surface area contributed by atoms with E-state index in [0.717, 1.165) is 12.3 Å². The Kier molecular flexibility index (Phi) is 4.61. The summed E-state index contributed by atoms with van der Waals surface area (Å²) in [5, 5.41) is 4.18. The summed E-state index contributed by atoms with van der Waals surface area (Å²) in [6.45, 7) is 1.59. The third-order valence-corrected chi connectivity index (χ3v) is 2.95. The molecule has 2 heterocycles. The minimum atomic E-state index is 0.362. The second-order valence-electron chi connectivity index (χ2n) is 4.58. The van der Waals surface area contributed by atoms with Gasteiger partial charge in [0.15, 0.2) is 0 Å². The zero-order chi connectivity index (χ0) is 15.0. The molecule has 0 saturated heterocycles. The van der Waals surface area contributed by atoms with Gasteiger partial charge in [-0.2, -0.15) is 5.10 Å². The van der Waals surface area contributed by atoms with Crippen molar-refractivity contribution in [2.45, 2.75) is 6.54 Å². The molecule has 6 heteroatoms. The van der Waals surface area contributed by atoms with Crippen molar-refractivity contribution < 1.29 is 9.47 Å². The van der Waals surface area contributed by atoms with Crippen LogP contribution >= 0.6 is 0 Å². The summed E-state index contributed by atoms with van der Waals surface area (Å²) in [7, 11) is 0. The first-order valence-corrected chi connectivity index (χ1v) is 6.99. The topological polar surface area (TPSA) is 62.1 Å². The molecular formula is C16H16N4O2. The average molecular weight is 296 g/mol. The zero-order valence-electron chi connectivity index (χ0n) is 12.0. The molecule has 22 heavy (non-hydrogen) atoms. The molecule has 0 atom stereocenters. The van der Waals surface area contributed by atoms with E-state index in [9.17, 15) is 0 Å². The number of hydrogen-bond acceptors (Lipinski definition) is 5. The van der Waals surface area contributed by atoms with Gasteiger partial charge in [-0.3, -0.25) is 4.68 Å². The second-order valence-corrected chi connectivity index (χ2v) is 4.58. The molecule has 0 aliphatic carbocycles. The molecule has 0 aliphatic heterocycles. The van der Waals surface area contributed by atoms with Crippen LogP contribution in [0.5, 0.6) is 11.8 Å². The van der Waals surface area contributed by atoms with Crippen LogP contribution in [-0.2, 0) is 6.54 Å². The fourth-order valence-electron chi connectivity index (χ4n) is 1.92. The Bertz CT molecular complexity index is 669. The van der Waals surface area contributed by atoms with E-state index in [4.69, 9.17) is 9.47 Å². The number of ether oxygens (including phenoxy) is 2. The summed E-state index contributed by atoms with van der Waals surface area (Å²) in [4.78, 5) is 7.95. The average Bonchev–Trinajstić information content (AvgIpc) is 3.07. The Morgan fingerprint density at radius 3 is 2.36 bits per heavy atom. The van der Waals surface area contributed by atoms with Crippen LogP contribution in [0.3, 0.4) is 0 Å². The minimum absolute atomic E-state index is 0.362. The Balaban J connectivity index is 1.43. The maximum atomic E-state index is 5.61. The lowest BCUT2D eigenvalue weighted by Gasteiger charge is -2.08. The van der Waals surface area contributed by atoms with Gasteiger partial charge in [-0.1, -0.05) is 12.1 Å². The number of hydrogen-bond donors (Lipinski definition) is 0. The van der Waals surface area contributed by atoms with Gasteiger partial charge in [0, 0.05) is 24.8 Å². The molecule has 0 fully saturated rings. The summed E-state index contributed by atoms with van der Waals surface area (Å²) in [5.74, 6) is 0.807. The van der Waals surface area contributed by atoms with Crippen LogP contribution in [0.1, 0.15) is 5.56 Å². The third kappa shape index (κ3) is 4.05. The quantitative estimate of drug-likeness (QED) is 0.625. The third-order valence-electron chi connectivity index (χ3n) is 2.95. The van der Waals surface area contributed by atoms with Gasteiger partial charge < -0.3 is 9.47 Å². The number of rotatable bonds is 7. The Labute approximate surface area is 128 Å². The lowest BCUT2D eigenvalue weighted by atomic mass is 10.2. The SMILES string of the molecule is c1cnc(OCCOc2ccc(Cn3cccn3)cc2)nc1. The van der Waals surface area contributed by atoms with E-state index in [2.05, 4.69) is 15.1 Å². The Morgan fingerprint density at radius 2 is 1.64 bits per heavy atom. The number of aromatic nitrogens is 4. The summed E-state index contributed by atoms with van der Waals surface area (Å²) in [6.07, 6.45) is 6.99. The molecule has 6 nitrogen and oxygen atoms in total. The van der Waals surface area contributed by atoms with Gasteiger partial charge in [-0.05, 0) is 29.8 Å². The van der Waals surface area contributed by atoms with E-state index in [1.54, 1.807) is 24.7 Å². The van der Waals surface area contributed by atoms with E-state index < -0.39 is 0 Å². The van der Waals surface area contributed by atoms with E-state index >= 15 is 0 Å². The summed E-state index contributed by atoms with van der Waals surface area (Å²) in [6, 6.07) is 12.0. The predicted molar refractivity (Wildman–Crippen MR) is 80.8 cm³/mol. The molecule has 112 valence electrons. The fraction of sp³-hybridized carbons (Fsp3) is 0.188. The first kappa shape index (κ1) is 14.1. The van der Waals surface area contributed by atoms with Crippen LogP contribution in [0.2, 0.25) is 0 Å². The van der Waals surface area contributed by atoms with Crippen molar-refractivity contribution in [3.8, 4) is 11.8 Å². The van der Waals surface area contributed by atoms with Crippen molar-refractivity contribution in [3.05, 3.63) is 66.7 Å². The molecule has 0 N–H and O–H groups in total. The molecule has 3 rings (SSSR count). The predicted octanol–water partition coefficient (Wildman–Crippen LogP) is 2.18. The molecule has 0 bridgehead atoms. The van der Waals surface area contributed by atoms with Gasteiger partial charge >= 0.3 is 6.01 Å². The standard InChI is InChI=1S/C16H16N4O2/c1-7-17-16(18-8-1)22-12-11-21-15-5-3-14(4-6-15)13-20-10-2-9-19-20/h1-10H,11-13H2. The molecule has 0 spiro atoms. The number of nitrogens with zero attached hydrogens (tertiary/aromatic N) is 4. The molecule has 0 radical (unpaired) electrons. The maximum Gasteiger partial charge on any atom is 0.316 e. The second kappa shape index (κ2) is 7.21. The van der Waals surface area contributed by atoms with Crippen molar-refractivity contribution in [2.24, 2.45) is 0 Å². The van der Waals surface area contributed by atoms with E-state index in [1.807, 2.05) is 41.2 Å². The lowest BCUT2D eigenvalue weighted by Crippen LogP contribution is -2.10. The van der Waals surface area contributed by atoms with Crippen molar-refractivity contribution in [3.63, 3.8) is 0 Å². The summed E-state index contributed by atoms with van der Waals surface area (Å²) in [5.41, 5.74) is 1.17. The highest BCUT2D eigenvalue weighted by atomic mass is 16.5. The van der Waals surface area contributed by atoms with Crippen molar-refractivity contribution in [1.29, 1.82) is 0 Å². The van der Waals surface area contributed by atoms with Crippen LogP contribution in [0.25, 0.3) is 0 Å². The monoisotopic (exact) mass is 296 g/mol. The smallest absolute Gasteiger partial charge is 0.316 e. The Morgan fingerprint density at radius 1 is 0.864 bits per heavy atom. The fourth-order valence-corrected chi connectivity index (χ4v) is 1.92. The van der Waals surface area contributed by atoms with Gasteiger partial charge in [-0.15, -0.1) is 0 Å². The van der Waals surface area contributed by atoms with Crippen molar-refractivity contribution in [2.75, 3.05) is 13.2 Å². The van der Waals surface area contributed by atoms with Gasteiger partial charge in [0.05, 0.1) is 6.54 Å².